The highest BCUT2D eigenvalue weighted by molar-refractivity contribution is 6.01. The molecule has 1 aliphatic rings. The predicted molar refractivity (Wildman–Crippen MR) is 91.4 cm³/mol. The second-order valence-electron chi connectivity index (χ2n) is 5.44. The van der Waals surface area contributed by atoms with Crippen molar-refractivity contribution in [3.63, 3.8) is 0 Å². The molecule has 0 atom stereocenters. The molecule has 2 aromatic carbocycles. The van der Waals surface area contributed by atoms with Crippen molar-refractivity contribution in [1.29, 1.82) is 0 Å². The summed E-state index contributed by atoms with van der Waals surface area (Å²) in [5.41, 5.74) is 8.31. The van der Waals surface area contributed by atoms with Crippen LogP contribution in [0.3, 0.4) is 0 Å². The van der Waals surface area contributed by atoms with E-state index >= 15 is 0 Å². The summed E-state index contributed by atoms with van der Waals surface area (Å²) in [6.07, 6.45) is 3.72. The van der Waals surface area contributed by atoms with Gasteiger partial charge in [0.15, 0.2) is 0 Å². The van der Waals surface area contributed by atoms with Crippen LogP contribution in [0.25, 0.3) is 11.1 Å². The predicted octanol–water partition coefficient (Wildman–Crippen LogP) is 3.23. The summed E-state index contributed by atoms with van der Waals surface area (Å²) < 4.78 is 0. The van der Waals surface area contributed by atoms with E-state index in [1.807, 2.05) is 0 Å². The molecule has 2 amide bonds. The summed E-state index contributed by atoms with van der Waals surface area (Å²) in [4.78, 5) is 20.1. The van der Waals surface area contributed by atoms with Gasteiger partial charge < -0.3 is 0 Å². The van der Waals surface area contributed by atoms with E-state index in [0.29, 0.717) is 0 Å². The molecule has 0 unspecified atom stereocenters. The molecule has 3 rings (SSSR count). The Morgan fingerprint density at radius 2 is 1.39 bits per heavy atom. The molecule has 1 heterocycles. The van der Waals surface area contributed by atoms with E-state index in [1.165, 1.54) is 36.0 Å². The smallest absolute Gasteiger partial charge is 0.247 e. The highest BCUT2D eigenvalue weighted by Crippen LogP contribution is 2.19. The lowest BCUT2D eigenvalue weighted by molar-refractivity contribution is -0.122. The average Bonchev–Trinajstić information content (AvgIpc) is 2.98. The maximum atomic E-state index is 10.1. The molecule has 0 saturated carbocycles. The molecule has 0 spiro atoms. The number of carbonyl (C=O) groups excluding carboxylic acids is 2. The standard InChI is InChI=1S/C16H18.C3H4N2O2/c1-2-3-7-14-10-12-16(13-11-14)15-8-5-4-6-9-15;6-2-1-3(7)5-4-2/h4-6,8-13H,2-3,7H2,1H3;1H2,(H,4,6)(H,5,7). The Bertz CT molecular complexity index is 622. The van der Waals surface area contributed by atoms with Gasteiger partial charge in [0.2, 0.25) is 11.8 Å². The zero-order valence-corrected chi connectivity index (χ0v) is 13.3. The third-order valence-electron chi connectivity index (χ3n) is 3.54. The molecule has 120 valence electrons. The molecule has 4 heteroatoms. The van der Waals surface area contributed by atoms with Crippen molar-refractivity contribution >= 4 is 11.8 Å². The molecule has 23 heavy (non-hydrogen) atoms. The summed E-state index contributed by atoms with van der Waals surface area (Å²) in [6.45, 7) is 2.23. The van der Waals surface area contributed by atoms with E-state index < -0.39 is 0 Å². The van der Waals surface area contributed by atoms with Gasteiger partial charge in [-0.15, -0.1) is 0 Å². The van der Waals surface area contributed by atoms with E-state index in [1.54, 1.807) is 0 Å². The number of carbonyl (C=O) groups is 2. The van der Waals surface area contributed by atoms with Gasteiger partial charge in [-0.3, -0.25) is 20.4 Å². The number of hydrogen-bond donors (Lipinski definition) is 2. The molecule has 0 radical (unpaired) electrons. The fourth-order valence-electron chi connectivity index (χ4n) is 2.25. The first-order valence-corrected chi connectivity index (χ1v) is 7.91. The molecule has 2 N–H and O–H groups in total. The van der Waals surface area contributed by atoms with Gasteiger partial charge in [-0.2, -0.15) is 0 Å². The second kappa shape index (κ2) is 8.73. The lowest BCUT2D eigenvalue weighted by atomic mass is 10.0. The van der Waals surface area contributed by atoms with Crippen LogP contribution in [0.2, 0.25) is 0 Å². The number of amides is 2. The minimum atomic E-state index is -0.259. The number of nitrogens with one attached hydrogen (secondary N) is 2. The summed E-state index contributed by atoms with van der Waals surface area (Å²) in [7, 11) is 0. The van der Waals surface area contributed by atoms with Crippen LogP contribution in [-0.4, -0.2) is 11.8 Å². The Kier molecular flexibility index (Phi) is 6.36. The van der Waals surface area contributed by atoms with Crippen molar-refractivity contribution in [3.8, 4) is 11.1 Å². The lowest BCUT2D eigenvalue weighted by Crippen LogP contribution is -2.28. The SMILES string of the molecule is CCCCc1ccc(-c2ccccc2)cc1.O=C1CC(=O)NN1. The van der Waals surface area contributed by atoms with Crippen LogP contribution in [0.4, 0.5) is 0 Å². The van der Waals surface area contributed by atoms with Crippen LogP contribution >= 0.6 is 0 Å². The van der Waals surface area contributed by atoms with Gasteiger partial charge in [-0.25, -0.2) is 0 Å². The molecule has 0 bridgehead atoms. The third kappa shape index (κ3) is 5.58. The third-order valence-corrected chi connectivity index (χ3v) is 3.54. The maximum Gasteiger partial charge on any atom is 0.247 e. The van der Waals surface area contributed by atoms with Crippen molar-refractivity contribution in [2.45, 2.75) is 32.6 Å². The fourth-order valence-corrected chi connectivity index (χ4v) is 2.25. The lowest BCUT2D eigenvalue weighted by Gasteiger charge is -2.03. The van der Waals surface area contributed by atoms with Gasteiger partial charge >= 0.3 is 0 Å². The van der Waals surface area contributed by atoms with Crippen LogP contribution < -0.4 is 10.9 Å². The van der Waals surface area contributed by atoms with Crippen molar-refractivity contribution in [2.24, 2.45) is 0 Å². The highest BCUT2D eigenvalue weighted by Gasteiger charge is 2.15. The zero-order valence-electron chi connectivity index (χ0n) is 13.3. The van der Waals surface area contributed by atoms with Crippen molar-refractivity contribution in [2.75, 3.05) is 0 Å². The Morgan fingerprint density at radius 3 is 1.87 bits per heavy atom. The first-order chi connectivity index (χ1) is 11.2. The number of rotatable bonds is 4. The molecule has 0 aliphatic carbocycles. The van der Waals surface area contributed by atoms with E-state index in [9.17, 15) is 9.59 Å². The zero-order chi connectivity index (χ0) is 16.5. The first kappa shape index (κ1) is 16.7. The number of hydrogen-bond acceptors (Lipinski definition) is 2. The number of unbranched alkanes of at least 4 members (excludes halogenated alkanes) is 1. The Morgan fingerprint density at radius 1 is 0.826 bits per heavy atom. The van der Waals surface area contributed by atoms with Crippen LogP contribution in [-0.2, 0) is 16.0 Å². The van der Waals surface area contributed by atoms with Crippen LogP contribution in [0.1, 0.15) is 31.7 Å². The normalized spacial score (nSPS) is 12.9. The van der Waals surface area contributed by atoms with Crippen molar-refractivity contribution in [1.82, 2.24) is 10.9 Å². The topological polar surface area (TPSA) is 58.2 Å². The van der Waals surface area contributed by atoms with Gasteiger partial charge in [0.25, 0.3) is 0 Å². The second-order valence-corrected chi connectivity index (χ2v) is 5.44. The minimum Gasteiger partial charge on any atom is -0.273 e. The van der Waals surface area contributed by atoms with E-state index in [0.717, 1.165) is 0 Å². The Hall–Kier alpha value is -2.62. The maximum absolute atomic E-state index is 10.1. The van der Waals surface area contributed by atoms with Gasteiger partial charge in [0, 0.05) is 0 Å². The number of aryl methyl sites for hydroxylation is 1. The van der Waals surface area contributed by atoms with Crippen molar-refractivity contribution < 1.29 is 9.59 Å². The Labute approximate surface area is 136 Å². The minimum absolute atomic E-state index is 0.0278. The van der Waals surface area contributed by atoms with Crippen LogP contribution in [0.5, 0.6) is 0 Å². The van der Waals surface area contributed by atoms with Crippen LogP contribution in [0.15, 0.2) is 54.6 Å². The molecule has 4 nitrogen and oxygen atoms in total. The summed E-state index contributed by atoms with van der Waals surface area (Å²) in [5, 5.41) is 0. The van der Waals surface area contributed by atoms with E-state index in [-0.39, 0.29) is 18.2 Å². The molecular weight excluding hydrogens is 288 g/mol. The number of hydrazine groups is 1. The van der Waals surface area contributed by atoms with Gasteiger partial charge in [0.05, 0.1) is 0 Å². The van der Waals surface area contributed by atoms with E-state index in [4.69, 9.17) is 0 Å². The molecule has 0 aromatic heterocycles. The van der Waals surface area contributed by atoms with Gasteiger partial charge in [-0.1, -0.05) is 67.9 Å². The monoisotopic (exact) mass is 310 g/mol. The summed E-state index contributed by atoms with van der Waals surface area (Å²) in [5.74, 6) is -0.519. The average molecular weight is 310 g/mol. The molecule has 1 fully saturated rings. The van der Waals surface area contributed by atoms with Crippen molar-refractivity contribution in [3.05, 3.63) is 60.2 Å². The van der Waals surface area contributed by atoms with E-state index in [2.05, 4.69) is 72.4 Å². The van der Waals surface area contributed by atoms with Gasteiger partial charge in [-0.05, 0) is 29.5 Å². The highest BCUT2D eigenvalue weighted by atomic mass is 16.2. The first-order valence-electron chi connectivity index (χ1n) is 7.91. The molecular formula is C19H22N2O2. The number of benzene rings is 2. The largest absolute Gasteiger partial charge is 0.273 e. The van der Waals surface area contributed by atoms with Gasteiger partial charge in [0.1, 0.15) is 6.42 Å². The van der Waals surface area contributed by atoms with Crippen LogP contribution in [0, 0.1) is 0 Å². The Balaban J connectivity index is 0.000000229. The molecule has 1 saturated heterocycles. The quantitative estimate of drug-likeness (QED) is 0.852. The molecule has 2 aromatic rings. The molecule has 1 aliphatic heterocycles. The summed E-state index contributed by atoms with van der Waals surface area (Å²) in [6, 6.07) is 19.5. The summed E-state index contributed by atoms with van der Waals surface area (Å²) >= 11 is 0. The fraction of sp³-hybridized carbons (Fsp3) is 0.263.